The van der Waals surface area contributed by atoms with Crippen molar-refractivity contribution in [1.82, 2.24) is 0 Å². The molecule has 1 saturated heterocycles. The maximum atomic E-state index is 9.73. The molecule has 0 aromatic heterocycles. The summed E-state index contributed by atoms with van der Waals surface area (Å²) in [6, 6.07) is 9.43. The highest BCUT2D eigenvalue weighted by molar-refractivity contribution is 5.13. The monoisotopic (exact) mass is 240 g/mol. The molecule has 94 valence electrons. The minimum absolute atomic E-state index is 0.279. The fourth-order valence-electron chi connectivity index (χ4n) is 1.82. The van der Waals surface area contributed by atoms with Crippen molar-refractivity contribution in [2.45, 2.75) is 31.2 Å². The van der Waals surface area contributed by atoms with Crippen LogP contribution in [0.4, 0.5) is 0 Å². The van der Waals surface area contributed by atoms with E-state index in [-0.39, 0.29) is 13.2 Å². The largest absolute Gasteiger partial charge is 0.394 e. The second-order valence-corrected chi connectivity index (χ2v) is 4.00. The molecule has 3 N–H and O–H groups in total. The van der Waals surface area contributed by atoms with E-state index >= 15 is 0 Å². The lowest BCUT2D eigenvalue weighted by molar-refractivity contribution is -0.150. The molecule has 1 aliphatic rings. The molecule has 17 heavy (non-hydrogen) atoms. The van der Waals surface area contributed by atoms with E-state index in [2.05, 4.69) is 0 Å². The highest BCUT2D eigenvalue weighted by Crippen LogP contribution is 2.23. The first-order chi connectivity index (χ1) is 8.22. The second-order valence-electron chi connectivity index (χ2n) is 4.00. The van der Waals surface area contributed by atoms with Crippen LogP contribution in [0.5, 0.6) is 0 Å². The van der Waals surface area contributed by atoms with Gasteiger partial charge in [0, 0.05) is 0 Å². The van der Waals surface area contributed by atoms with Gasteiger partial charge < -0.3 is 24.8 Å². The first-order valence-corrected chi connectivity index (χ1v) is 5.50. The zero-order chi connectivity index (χ0) is 12.3. The third-order valence-corrected chi connectivity index (χ3v) is 2.78. The van der Waals surface area contributed by atoms with E-state index in [4.69, 9.17) is 14.6 Å². The standard InChI is InChI=1S/C12H16O5/c13-6-9-10(14)11(12(15)17-9)16-7-8-4-2-1-3-5-8/h1-5,9-15H,6-7H2/t9-,10-,11+,12-/m1/s1. The number of ether oxygens (including phenoxy) is 2. The van der Waals surface area contributed by atoms with Crippen LogP contribution in [0.25, 0.3) is 0 Å². The van der Waals surface area contributed by atoms with E-state index in [0.717, 1.165) is 5.56 Å². The van der Waals surface area contributed by atoms with E-state index in [9.17, 15) is 10.2 Å². The molecule has 0 radical (unpaired) electrons. The van der Waals surface area contributed by atoms with Crippen LogP contribution in [0.2, 0.25) is 0 Å². The van der Waals surface area contributed by atoms with Crippen molar-refractivity contribution in [3.05, 3.63) is 35.9 Å². The van der Waals surface area contributed by atoms with Crippen LogP contribution in [-0.4, -0.2) is 46.5 Å². The number of hydrogen-bond donors (Lipinski definition) is 3. The fourth-order valence-corrected chi connectivity index (χ4v) is 1.82. The Labute approximate surface area is 99.2 Å². The summed E-state index contributed by atoms with van der Waals surface area (Å²) in [4.78, 5) is 0. The van der Waals surface area contributed by atoms with Crippen LogP contribution in [0, 0.1) is 0 Å². The van der Waals surface area contributed by atoms with Gasteiger partial charge in [-0.2, -0.15) is 0 Å². The van der Waals surface area contributed by atoms with E-state index < -0.39 is 24.6 Å². The summed E-state index contributed by atoms with van der Waals surface area (Å²) in [7, 11) is 0. The summed E-state index contributed by atoms with van der Waals surface area (Å²) < 4.78 is 10.4. The van der Waals surface area contributed by atoms with Gasteiger partial charge in [0.2, 0.25) is 0 Å². The average Bonchev–Trinajstić information content (AvgIpc) is 2.63. The van der Waals surface area contributed by atoms with Gasteiger partial charge >= 0.3 is 0 Å². The lowest BCUT2D eigenvalue weighted by Crippen LogP contribution is -2.36. The van der Waals surface area contributed by atoms with Gasteiger partial charge in [0.25, 0.3) is 0 Å². The normalized spacial score (nSPS) is 32.9. The van der Waals surface area contributed by atoms with Crippen LogP contribution in [-0.2, 0) is 16.1 Å². The number of rotatable bonds is 4. The van der Waals surface area contributed by atoms with Gasteiger partial charge in [-0.3, -0.25) is 0 Å². The highest BCUT2D eigenvalue weighted by Gasteiger charge is 2.43. The first kappa shape index (κ1) is 12.5. The summed E-state index contributed by atoms with van der Waals surface area (Å²) in [5.41, 5.74) is 0.944. The van der Waals surface area contributed by atoms with Crippen molar-refractivity contribution in [3.63, 3.8) is 0 Å². The van der Waals surface area contributed by atoms with Crippen molar-refractivity contribution >= 4 is 0 Å². The highest BCUT2D eigenvalue weighted by atomic mass is 16.7. The molecule has 5 heteroatoms. The summed E-state index contributed by atoms with van der Waals surface area (Å²) in [5, 5.41) is 28.2. The van der Waals surface area contributed by atoms with Gasteiger partial charge in [-0.15, -0.1) is 0 Å². The van der Waals surface area contributed by atoms with Gasteiger partial charge in [-0.25, -0.2) is 0 Å². The maximum Gasteiger partial charge on any atom is 0.184 e. The van der Waals surface area contributed by atoms with Crippen molar-refractivity contribution < 1.29 is 24.8 Å². The van der Waals surface area contributed by atoms with E-state index in [1.807, 2.05) is 30.3 Å². The Morgan fingerprint density at radius 3 is 2.47 bits per heavy atom. The predicted molar refractivity (Wildman–Crippen MR) is 59.0 cm³/mol. The molecular formula is C12H16O5. The molecule has 0 bridgehead atoms. The second kappa shape index (κ2) is 5.57. The Hall–Kier alpha value is -0.980. The third kappa shape index (κ3) is 2.83. The van der Waals surface area contributed by atoms with Crippen molar-refractivity contribution in [2.75, 3.05) is 6.61 Å². The molecule has 1 aromatic carbocycles. The van der Waals surface area contributed by atoms with Gasteiger partial charge in [-0.1, -0.05) is 30.3 Å². The van der Waals surface area contributed by atoms with Crippen LogP contribution in [0.3, 0.4) is 0 Å². The molecule has 2 rings (SSSR count). The van der Waals surface area contributed by atoms with Crippen molar-refractivity contribution in [1.29, 1.82) is 0 Å². The SMILES string of the molecule is OC[C@H]1O[C@@H](O)[C@@H](OCc2ccccc2)[C@@H]1O. The van der Waals surface area contributed by atoms with Crippen LogP contribution in [0.15, 0.2) is 30.3 Å². The lowest BCUT2D eigenvalue weighted by atomic mass is 10.1. The third-order valence-electron chi connectivity index (χ3n) is 2.78. The summed E-state index contributed by atoms with van der Waals surface area (Å²) in [5.74, 6) is 0. The van der Waals surface area contributed by atoms with Gasteiger partial charge in [0.05, 0.1) is 13.2 Å². The smallest absolute Gasteiger partial charge is 0.184 e. The molecule has 1 aromatic rings. The molecule has 1 aliphatic heterocycles. The van der Waals surface area contributed by atoms with E-state index in [0.29, 0.717) is 0 Å². The molecular weight excluding hydrogens is 224 g/mol. The Kier molecular flexibility index (Phi) is 4.09. The Balaban J connectivity index is 1.91. The lowest BCUT2D eigenvalue weighted by Gasteiger charge is -2.17. The minimum atomic E-state index is -1.20. The maximum absolute atomic E-state index is 9.73. The zero-order valence-electron chi connectivity index (χ0n) is 9.27. The number of aliphatic hydroxyl groups is 3. The van der Waals surface area contributed by atoms with Gasteiger partial charge in [0.15, 0.2) is 6.29 Å². The molecule has 0 aliphatic carbocycles. The summed E-state index contributed by atoms with van der Waals surface area (Å²) in [6.45, 7) is -0.0649. The fraction of sp³-hybridized carbons (Fsp3) is 0.500. The van der Waals surface area contributed by atoms with Crippen molar-refractivity contribution in [2.24, 2.45) is 0 Å². The molecule has 0 saturated carbocycles. The molecule has 1 heterocycles. The molecule has 1 fully saturated rings. The molecule has 4 atom stereocenters. The number of benzene rings is 1. The number of hydrogen-bond acceptors (Lipinski definition) is 5. The molecule has 0 amide bonds. The van der Waals surface area contributed by atoms with Gasteiger partial charge in [0.1, 0.15) is 18.3 Å². The first-order valence-electron chi connectivity index (χ1n) is 5.50. The van der Waals surface area contributed by atoms with E-state index in [1.165, 1.54) is 0 Å². The quantitative estimate of drug-likeness (QED) is 0.670. The Morgan fingerprint density at radius 1 is 1.18 bits per heavy atom. The van der Waals surface area contributed by atoms with Crippen molar-refractivity contribution in [3.8, 4) is 0 Å². The molecule has 0 unspecified atom stereocenters. The summed E-state index contributed by atoms with van der Waals surface area (Å²) in [6.07, 6.45) is -3.83. The average molecular weight is 240 g/mol. The Morgan fingerprint density at radius 2 is 1.88 bits per heavy atom. The van der Waals surface area contributed by atoms with Crippen LogP contribution >= 0.6 is 0 Å². The van der Waals surface area contributed by atoms with Gasteiger partial charge in [-0.05, 0) is 5.56 Å². The van der Waals surface area contributed by atoms with Crippen LogP contribution in [0.1, 0.15) is 5.56 Å². The van der Waals surface area contributed by atoms with E-state index in [1.54, 1.807) is 0 Å². The van der Waals surface area contributed by atoms with Crippen LogP contribution < -0.4 is 0 Å². The minimum Gasteiger partial charge on any atom is -0.394 e. The summed E-state index contributed by atoms with van der Waals surface area (Å²) >= 11 is 0. The number of aliphatic hydroxyl groups excluding tert-OH is 3. The zero-order valence-corrected chi connectivity index (χ0v) is 9.27. The molecule has 0 spiro atoms. The predicted octanol–water partition coefficient (Wildman–Crippen LogP) is -0.358. The molecule has 5 nitrogen and oxygen atoms in total. The Bertz CT molecular complexity index is 342. The topological polar surface area (TPSA) is 79.2 Å².